The predicted molar refractivity (Wildman–Crippen MR) is 88.8 cm³/mol. The zero-order chi connectivity index (χ0) is 14.7. The van der Waals surface area contributed by atoms with Gasteiger partial charge in [-0.05, 0) is 60.7 Å². The molecule has 1 unspecified atom stereocenters. The Morgan fingerprint density at radius 2 is 1.90 bits per heavy atom. The van der Waals surface area contributed by atoms with E-state index in [-0.39, 0.29) is 6.04 Å². The molecule has 0 saturated carbocycles. The molecular weight excluding hydrogens is 336 g/mol. The van der Waals surface area contributed by atoms with E-state index in [1.807, 2.05) is 13.0 Å². The summed E-state index contributed by atoms with van der Waals surface area (Å²) in [5, 5.41) is 0.789. The lowest BCUT2D eigenvalue weighted by atomic mass is 9.97. The number of benzene rings is 2. The summed E-state index contributed by atoms with van der Waals surface area (Å²) in [5.41, 5.74) is 7.49. The minimum Gasteiger partial charge on any atom is -0.271 e. The molecule has 1 atom stereocenters. The summed E-state index contributed by atoms with van der Waals surface area (Å²) in [6.45, 7) is 4.10. The molecule has 0 amide bonds. The van der Waals surface area contributed by atoms with E-state index in [4.69, 9.17) is 17.4 Å². The number of nitrogens with two attached hydrogens (primary N) is 1. The average molecular weight is 354 g/mol. The van der Waals surface area contributed by atoms with Crippen LogP contribution in [0.2, 0.25) is 5.02 Å². The molecule has 4 heteroatoms. The third-order valence-electron chi connectivity index (χ3n) is 3.30. The largest absolute Gasteiger partial charge is 0.271 e. The smallest absolute Gasteiger partial charge is 0.0501 e. The minimum atomic E-state index is 0.0337. The second kappa shape index (κ2) is 6.72. The Balaban J connectivity index is 2.28. The van der Waals surface area contributed by atoms with Gasteiger partial charge in [0.15, 0.2) is 0 Å². The van der Waals surface area contributed by atoms with Gasteiger partial charge in [-0.3, -0.25) is 11.3 Å². The second-order valence-corrected chi connectivity index (χ2v) is 6.40. The monoisotopic (exact) mass is 352 g/mol. The van der Waals surface area contributed by atoms with Gasteiger partial charge >= 0.3 is 0 Å². The van der Waals surface area contributed by atoms with Crippen molar-refractivity contribution in [2.24, 2.45) is 5.84 Å². The Kier molecular flexibility index (Phi) is 5.22. The molecule has 2 aromatic carbocycles. The summed E-state index contributed by atoms with van der Waals surface area (Å²) >= 11 is 9.83. The maximum atomic E-state index is 6.30. The van der Waals surface area contributed by atoms with E-state index >= 15 is 0 Å². The van der Waals surface area contributed by atoms with Gasteiger partial charge in [-0.25, -0.2) is 0 Å². The Morgan fingerprint density at radius 3 is 2.50 bits per heavy atom. The first-order valence-corrected chi connectivity index (χ1v) is 7.65. The van der Waals surface area contributed by atoms with Crippen LogP contribution in [0.1, 0.15) is 28.3 Å². The number of hydrazine groups is 1. The Labute approximate surface area is 133 Å². The average Bonchev–Trinajstić information content (AvgIpc) is 2.36. The van der Waals surface area contributed by atoms with Gasteiger partial charge in [0.2, 0.25) is 0 Å². The first-order valence-electron chi connectivity index (χ1n) is 6.48. The van der Waals surface area contributed by atoms with E-state index < -0.39 is 0 Å². The molecule has 2 nitrogen and oxygen atoms in total. The molecule has 0 aliphatic heterocycles. The van der Waals surface area contributed by atoms with E-state index in [1.165, 1.54) is 5.56 Å². The number of hydrogen-bond acceptors (Lipinski definition) is 2. The zero-order valence-electron chi connectivity index (χ0n) is 11.6. The standard InChI is InChI=1S/C16H18BrClN2/c1-10-3-4-12(15(18)7-10)9-16(20-19)13-5-11(2)6-14(17)8-13/h3-8,16,20H,9,19H2,1-2H3. The van der Waals surface area contributed by atoms with Crippen LogP contribution in [0.25, 0.3) is 0 Å². The van der Waals surface area contributed by atoms with Gasteiger partial charge < -0.3 is 0 Å². The van der Waals surface area contributed by atoms with Gasteiger partial charge in [0.1, 0.15) is 0 Å². The lowest BCUT2D eigenvalue weighted by Crippen LogP contribution is -2.29. The van der Waals surface area contributed by atoms with Crippen LogP contribution in [0.3, 0.4) is 0 Å². The van der Waals surface area contributed by atoms with Gasteiger partial charge in [-0.1, -0.05) is 45.7 Å². The van der Waals surface area contributed by atoms with Crippen molar-refractivity contribution in [3.63, 3.8) is 0 Å². The molecule has 0 fully saturated rings. The van der Waals surface area contributed by atoms with Crippen molar-refractivity contribution in [3.8, 4) is 0 Å². The Morgan fingerprint density at radius 1 is 1.15 bits per heavy atom. The maximum Gasteiger partial charge on any atom is 0.0501 e. The summed E-state index contributed by atoms with van der Waals surface area (Å²) in [5.74, 6) is 5.72. The van der Waals surface area contributed by atoms with Crippen molar-refractivity contribution in [2.45, 2.75) is 26.3 Å². The summed E-state index contributed by atoms with van der Waals surface area (Å²) in [4.78, 5) is 0. The SMILES string of the molecule is Cc1cc(Br)cc(C(Cc2ccc(C)cc2Cl)NN)c1. The van der Waals surface area contributed by atoms with Crippen LogP contribution in [0, 0.1) is 13.8 Å². The van der Waals surface area contributed by atoms with Crippen molar-refractivity contribution in [2.75, 3.05) is 0 Å². The zero-order valence-corrected chi connectivity index (χ0v) is 13.9. The van der Waals surface area contributed by atoms with Gasteiger partial charge in [0.25, 0.3) is 0 Å². The van der Waals surface area contributed by atoms with Crippen LogP contribution in [0.4, 0.5) is 0 Å². The highest BCUT2D eigenvalue weighted by molar-refractivity contribution is 9.10. The number of hydrogen-bond donors (Lipinski definition) is 2. The summed E-state index contributed by atoms with van der Waals surface area (Å²) in [6, 6.07) is 12.4. The second-order valence-electron chi connectivity index (χ2n) is 5.08. The minimum absolute atomic E-state index is 0.0337. The van der Waals surface area contributed by atoms with E-state index in [0.717, 1.165) is 32.6 Å². The van der Waals surface area contributed by atoms with Crippen molar-refractivity contribution >= 4 is 27.5 Å². The summed E-state index contributed by atoms with van der Waals surface area (Å²) in [7, 11) is 0. The highest BCUT2D eigenvalue weighted by Crippen LogP contribution is 2.26. The quantitative estimate of drug-likeness (QED) is 0.629. The van der Waals surface area contributed by atoms with Crippen molar-refractivity contribution < 1.29 is 0 Å². The van der Waals surface area contributed by atoms with E-state index in [1.54, 1.807) is 0 Å². The molecule has 2 aromatic rings. The normalized spacial score (nSPS) is 12.4. The van der Waals surface area contributed by atoms with E-state index in [0.29, 0.717) is 0 Å². The molecule has 0 aliphatic rings. The molecule has 0 radical (unpaired) electrons. The number of aryl methyl sites for hydroxylation is 2. The Bertz CT molecular complexity index is 593. The lowest BCUT2D eigenvalue weighted by Gasteiger charge is -2.18. The van der Waals surface area contributed by atoms with Crippen LogP contribution >= 0.6 is 27.5 Å². The Hall–Kier alpha value is -0.870. The first-order chi connectivity index (χ1) is 9.49. The van der Waals surface area contributed by atoms with E-state index in [9.17, 15) is 0 Å². The van der Waals surface area contributed by atoms with Gasteiger partial charge in [-0.15, -0.1) is 0 Å². The number of nitrogens with one attached hydrogen (secondary N) is 1. The van der Waals surface area contributed by atoms with Crippen LogP contribution in [-0.4, -0.2) is 0 Å². The molecule has 0 aliphatic carbocycles. The third kappa shape index (κ3) is 3.83. The number of halogens is 2. The predicted octanol–water partition coefficient (Wildman–Crippen LogP) is 4.47. The third-order valence-corrected chi connectivity index (χ3v) is 4.11. The fraction of sp³-hybridized carbons (Fsp3) is 0.250. The van der Waals surface area contributed by atoms with Crippen LogP contribution in [0.5, 0.6) is 0 Å². The highest BCUT2D eigenvalue weighted by Gasteiger charge is 2.13. The first kappa shape index (κ1) is 15.5. The maximum absolute atomic E-state index is 6.30. The topological polar surface area (TPSA) is 38.0 Å². The molecular formula is C16H18BrClN2. The molecule has 2 rings (SSSR count). The van der Waals surface area contributed by atoms with Crippen molar-refractivity contribution in [1.29, 1.82) is 0 Å². The fourth-order valence-electron chi connectivity index (χ4n) is 2.28. The van der Waals surface area contributed by atoms with Gasteiger partial charge in [0.05, 0.1) is 6.04 Å². The van der Waals surface area contributed by atoms with Crippen molar-refractivity contribution in [1.82, 2.24) is 5.43 Å². The fourth-order valence-corrected chi connectivity index (χ4v) is 3.21. The molecule has 3 N–H and O–H groups in total. The molecule has 0 saturated heterocycles. The molecule has 0 aromatic heterocycles. The molecule has 106 valence electrons. The van der Waals surface area contributed by atoms with Gasteiger partial charge in [-0.2, -0.15) is 0 Å². The molecule has 0 spiro atoms. The van der Waals surface area contributed by atoms with E-state index in [2.05, 4.69) is 58.6 Å². The van der Waals surface area contributed by atoms with Crippen molar-refractivity contribution in [3.05, 3.63) is 68.1 Å². The summed E-state index contributed by atoms with van der Waals surface area (Å²) in [6.07, 6.45) is 0.755. The highest BCUT2D eigenvalue weighted by atomic mass is 79.9. The van der Waals surface area contributed by atoms with Crippen LogP contribution in [0.15, 0.2) is 40.9 Å². The van der Waals surface area contributed by atoms with Crippen LogP contribution in [-0.2, 0) is 6.42 Å². The number of rotatable bonds is 4. The lowest BCUT2D eigenvalue weighted by molar-refractivity contribution is 0.551. The molecule has 0 bridgehead atoms. The molecule has 20 heavy (non-hydrogen) atoms. The van der Waals surface area contributed by atoms with Gasteiger partial charge in [0, 0.05) is 9.50 Å². The van der Waals surface area contributed by atoms with Crippen LogP contribution < -0.4 is 11.3 Å². The summed E-state index contributed by atoms with van der Waals surface area (Å²) < 4.78 is 1.06. The molecule has 0 heterocycles.